The minimum Gasteiger partial charge on any atom is -0.396 e. The van der Waals surface area contributed by atoms with Gasteiger partial charge in [-0.25, -0.2) is 4.39 Å². The molecule has 0 radical (unpaired) electrons. The van der Waals surface area contributed by atoms with Crippen molar-refractivity contribution in [3.63, 3.8) is 0 Å². The maximum Gasteiger partial charge on any atom is 0.124 e. The first-order valence-corrected chi connectivity index (χ1v) is 5.99. The molecule has 0 aliphatic carbocycles. The molecule has 0 saturated heterocycles. The van der Waals surface area contributed by atoms with Crippen LogP contribution < -0.4 is 0 Å². The van der Waals surface area contributed by atoms with Gasteiger partial charge >= 0.3 is 0 Å². The van der Waals surface area contributed by atoms with Gasteiger partial charge in [0.1, 0.15) is 12.4 Å². The number of aliphatic hydroxyl groups excluding tert-OH is 2. The first kappa shape index (κ1) is 13.0. The summed E-state index contributed by atoms with van der Waals surface area (Å²) >= 11 is 1.53. The van der Waals surface area contributed by atoms with Crippen LogP contribution in [0.1, 0.15) is 11.1 Å². The van der Waals surface area contributed by atoms with Gasteiger partial charge in [-0.15, -0.1) is 0 Å². The van der Waals surface area contributed by atoms with E-state index in [1.165, 1.54) is 23.9 Å². The van der Waals surface area contributed by atoms with Gasteiger partial charge in [0.25, 0.3) is 0 Å². The van der Waals surface area contributed by atoms with Crippen molar-refractivity contribution >= 4 is 11.8 Å². The standard InChI is InChI=1S/C12H13FO2S/c13-12-7-10(2-1-3-14)6-11(8-12)9-16-5-4-15/h6-8,14-15H,3-5,9H2. The highest BCUT2D eigenvalue weighted by Gasteiger charge is 1.99. The highest BCUT2D eigenvalue weighted by molar-refractivity contribution is 7.98. The van der Waals surface area contributed by atoms with Crippen LogP contribution in [0.4, 0.5) is 4.39 Å². The van der Waals surface area contributed by atoms with E-state index in [9.17, 15) is 4.39 Å². The van der Waals surface area contributed by atoms with Gasteiger partial charge < -0.3 is 10.2 Å². The number of hydrogen-bond donors (Lipinski definition) is 2. The molecule has 0 aliphatic heterocycles. The van der Waals surface area contributed by atoms with Gasteiger partial charge in [0.05, 0.1) is 6.61 Å². The summed E-state index contributed by atoms with van der Waals surface area (Å²) in [5, 5.41) is 17.2. The average molecular weight is 240 g/mol. The molecule has 0 saturated carbocycles. The zero-order valence-corrected chi connectivity index (χ0v) is 9.56. The minimum atomic E-state index is -0.329. The van der Waals surface area contributed by atoms with Crippen LogP contribution in [0, 0.1) is 17.7 Å². The Morgan fingerprint density at radius 3 is 2.75 bits per heavy atom. The fourth-order valence-electron chi connectivity index (χ4n) is 1.20. The first-order chi connectivity index (χ1) is 7.76. The van der Waals surface area contributed by atoms with Crippen LogP contribution in [0.15, 0.2) is 18.2 Å². The highest BCUT2D eigenvalue weighted by atomic mass is 32.2. The lowest BCUT2D eigenvalue weighted by Gasteiger charge is -2.02. The van der Waals surface area contributed by atoms with Crippen LogP contribution in [-0.4, -0.2) is 29.2 Å². The van der Waals surface area contributed by atoms with E-state index < -0.39 is 0 Å². The third-order valence-electron chi connectivity index (χ3n) is 1.77. The molecule has 0 unspecified atom stereocenters. The maximum absolute atomic E-state index is 13.2. The smallest absolute Gasteiger partial charge is 0.124 e. The van der Waals surface area contributed by atoms with Crippen LogP contribution in [-0.2, 0) is 5.75 Å². The molecule has 0 heterocycles. The predicted molar refractivity (Wildman–Crippen MR) is 63.6 cm³/mol. The minimum absolute atomic E-state index is 0.122. The topological polar surface area (TPSA) is 40.5 Å². The molecule has 0 fully saturated rings. The van der Waals surface area contributed by atoms with Crippen molar-refractivity contribution in [2.24, 2.45) is 0 Å². The number of halogens is 1. The molecule has 4 heteroatoms. The monoisotopic (exact) mass is 240 g/mol. The van der Waals surface area contributed by atoms with Crippen molar-refractivity contribution in [3.8, 4) is 11.8 Å². The molecule has 0 spiro atoms. The molecule has 1 rings (SSSR count). The largest absolute Gasteiger partial charge is 0.396 e. The van der Waals surface area contributed by atoms with Crippen molar-refractivity contribution in [2.75, 3.05) is 19.0 Å². The van der Waals surface area contributed by atoms with Gasteiger partial charge in [-0.05, 0) is 23.8 Å². The number of hydrogen-bond acceptors (Lipinski definition) is 3. The Morgan fingerprint density at radius 1 is 1.25 bits per heavy atom. The fraction of sp³-hybridized carbons (Fsp3) is 0.333. The summed E-state index contributed by atoms with van der Waals surface area (Å²) in [6.07, 6.45) is 0. The van der Waals surface area contributed by atoms with Gasteiger partial charge in [-0.3, -0.25) is 0 Å². The van der Waals surface area contributed by atoms with E-state index in [0.717, 1.165) is 5.56 Å². The normalized spacial score (nSPS) is 9.69. The lowest BCUT2D eigenvalue weighted by molar-refractivity contribution is 0.322. The molecule has 0 bridgehead atoms. The van der Waals surface area contributed by atoms with E-state index in [1.807, 2.05) is 0 Å². The summed E-state index contributed by atoms with van der Waals surface area (Å²) in [7, 11) is 0. The number of aliphatic hydroxyl groups is 2. The van der Waals surface area contributed by atoms with Crippen LogP contribution in [0.3, 0.4) is 0 Å². The summed E-state index contributed by atoms with van der Waals surface area (Å²) in [5.41, 5.74) is 1.40. The van der Waals surface area contributed by atoms with E-state index in [0.29, 0.717) is 17.1 Å². The van der Waals surface area contributed by atoms with Crippen LogP contribution in [0.2, 0.25) is 0 Å². The van der Waals surface area contributed by atoms with Gasteiger partial charge in [-0.1, -0.05) is 11.8 Å². The van der Waals surface area contributed by atoms with Gasteiger partial charge in [0.15, 0.2) is 0 Å². The molecular formula is C12H13FO2S. The SMILES string of the molecule is OCC#Cc1cc(F)cc(CSCCO)c1. The quantitative estimate of drug-likeness (QED) is 0.617. The summed E-state index contributed by atoms with van der Waals surface area (Å²) in [6, 6.07) is 4.58. The Hall–Kier alpha value is -1.02. The zero-order valence-electron chi connectivity index (χ0n) is 8.74. The Kier molecular flexibility index (Phi) is 5.94. The molecule has 1 aromatic carbocycles. The molecule has 2 nitrogen and oxygen atoms in total. The fourth-order valence-corrected chi connectivity index (χ4v) is 1.88. The van der Waals surface area contributed by atoms with Crippen molar-refractivity contribution < 1.29 is 14.6 Å². The van der Waals surface area contributed by atoms with Crippen molar-refractivity contribution in [1.29, 1.82) is 0 Å². The first-order valence-electron chi connectivity index (χ1n) is 4.84. The second-order valence-corrected chi connectivity index (χ2v) is 4.19. The van der Waals surface area contributed by atoms with Crippen molar-refractivity contribution in [1.82, 2.24) is 0 Å². The zero-order chi connectivity index (χ0) is 11.8. The van der Waals surface area contributed by atoms with E-state index >= 15 is 0 Å². The molecule has 0 amide bonds. The lowest BCUT2D eigenvalue weighted by Crippen LogP contribution is -1.90. The Labute approximate surface area is 98.5 Å². The van der Waals surface area contributed by atoms with E-state index in [1.54, 1.807) is 6.07 Å². The van der Waals surface area contributed by atoms with Crippen LogP contribution in [0.25, 0.3) is 0 Å². The molecule has 0 aromatic heterocycles. The van der Waals surface area contributed by atoms with E-state index in [2.05, 4.69) is 11.8 Å². The van der Waals surface area contributed by atoms with Crippen LogP contribution in [0.5, 0.6) is 0 Å². The summed E-state index contributed by atoms with van der Waals surface area (Å²) in [4.78, 5) is 0. The highest BCUT2D eigenvalue weighted by Crippen LogP contribution is 2.15. The number of thioether (sulfide) groups is 1. The van der Waals surface area contributed by atoms with Crippen molar-refractivity contribution in [3.05, 3.63) is 35.1 Å². The van der Waals surface area contributed by atoms with Gasteiger partial charge in [0.2, 0.25) is 0 Å². The third-order valence-corrected chi connectivity index (χ3v) is 2.78. The molecule has 0 aliphatic rings. The van der Waals surface area contributed by atoms with E-state index in [-0.39, 0.29) is 19.0 Å². The van der Waals surface area contributed by atoms with Crippen LogP contribution >= 0.6 is 11.8 Å². The lowest BCUT2D eigenvalue weighted by atomic mass is 10.1. The maximum atomic E-state index is 13.2. The molecule has 1 aromatic rings. The predicted octanol–water partition coefficient (Wildman–Crippen LogP) is 1.39. The number of benzene rings is 1. The van der Waals surface area contributed by atoms with Gasteiger partial charge in [0, 0.05) is 17.1 Å². The molecule has 86 valence electrons. The molecule has 16 heavy (non-hydrogen) atoms. The summed E-state index contributed by atoms with van der Waals surface area (Å²) < 4.78 is 13.2. The molecular weight excluding hydrogens is 227 g/mol. The average Bonchev–Trinajstić information content (AvgIpc) is 2.26. The molecule has 0 atom stereocenters. The Bertz CT molecular complexity index is 396. The van der Waals surface area contributed by atoms with Gasteiger partial charge in [-0.2, -0.15) is 11.8 Å². The Morgan fingerprint density at radius 2 is 2.06 bits per heavy atom. The van der Waals surface area contributed by atoms with Crippen molar-refractivity contribution in [2.45, 2.75) is 5.75 Å². The number of rotatable bonds is 4. The second-order valence-electron chi connectivity index (χ2n) is 3.08. The Balaban J connectivity index is 2.73. The third kappa shape index (κ3) is 4.67. The molecule has 2 N–H and O–H groups in total. The van der Waals surface area contributed by atoms with E-state index in [4.69, 9.17) is 10.2 Å². The summed E-state index contributed by atoms with van der Waals surface area (Å²) in [5.74, 6) is 6.09. The summed E-state index contributed by atoms with van der Waals surface area (Å²) in [6.45, 7) is -0.109. The second kappa shape index (κ2) is 7.29.